The van der Waals surface area contributed by atoms with Crippen molar-refractivity contribution in [2.75, 3.05) is 13.7 Å². The summed E-state index contributed by atoms with van der Waals surface area (Å²) in [6.07, 6.45) is 2.47. The normalized spacial score (nSPS) is 15.8. The van der Waals surface area contributed by atoms with Crippen molar-refractivity contribution in [1.82, 2.24) is 5.32 Å². The summed E-state index contributed by atoms with van der Waals surface area (Å²) in [4.78, 5) is 11.6. The smallest absolute Gasteiger partial charge is 0.322 e. The van der Waals surface area contributed by atoms with Gasteiger partial charge in [0.2, 0.25) is 0 Å². The fourth-order valence-electron chi connectivity index (χ4n) is 1.85. The topological polar surface area (TPSA) is 47.6 Å². The molecular weight excluding hydrogens is 268 g/mol. The van der Waals surface area contributed by atoms with Gasteiger partial charge in [0, 0.05) is 30.7 Å². The summed E-state index contributed by atoms with van der Waals surface area (Å²) in [7, 11) is 1.33. The van der Waals surface area contributed by atoms with Gasteiger partial charge in [0.15, 0.2) is 0 Å². The minimum atomic E-state index is -0.694. The molecule has 20 heavy (non-hydrogen) atoms. The first-order chi connectivity index (χ1) is 9.58. The van der Waals surface area contributed by atoms with Crippen LogP contribution in [0.5, 0.6) is 5.75 Å². The van der Waals surface area contributed by atoms with Gasteiger partial charge in [-0.1, -0.05) is 0 Å². The molecule has 0 radical (unpaired) electrons. The number of methoxy groups -OCH3 is 1. The molecule has 0 aromatic heterocycles. The monoisotopic (exact) mass is 285 g/mol. The molecule has 0 saturated heterocycles. The van der Waals surface area contributed by atoms with Gasteiger partial charge in [-0.25, -0.2) is 8.78 Å². The molecule has 1 aliphatic rings. The van der Waals surface area contributed by atoms with Gasteiger partial charge in [0.05, 0.1) is 13.7 Å². The molecule has 0 heterocycles. The first-order valence-corrected chi connectivity index (χ1v) is 6.51. The van der Waals surface area contributed by atoms with Crippen LogP contribution in [0, 0.1) is 11.6 Å². The summed E-state index contributed by atoms with van der Waals surface area (Å²) in [6, 6.07) is 2.88. The molecule has 1 aromatic rings. The summed E-state index contributed by atoms with van der Waals surface area (Å²) in [6.45, 7) is 0.169. The van der Waals surface area contributed by atoms with E-state index in [0.717, 1.165) is 31.0 Å². The van der Waals surface area contributed by atoms with E-state index in [2.05, 4.69) is 5.32 Å². The minimum Gasteiger partial charge on any atom is -0.493 e. The quantitative estimate of drug-likeness (QED) is 0.779. The van der Waals surface area contributed by atoms with Gasteiger partial charge in [-0.15, -0.1) is 0 Å². The Morgan fingerprint density at radius 1 is 1.35 bits per heavy atom. The van der Waals surface area contributed by atoms with E-state index in [4.69, 9.17) is 9.47 Å². The maximum absolute atomic E-state index is 13.0. The molecule has 6 heteroatoms. The zero-order chi connectivity index (χ0) is 14.5. The van der Waals surface area contributed by atoms with Crippen molar-refractivity contribution in [3.05, 3.63) is 29.8 Å². The standard InChI is InChI=1S/C14H17F2NO3/c1-19-14(18)13(17-11-2-3-11)4-5-20-12-7-9(15)6-10(16)8-12/h6-8,11,13,17H,2-5H2,1H3. The van der Waals surface area contributed by atoms with Crippen LogP contribution in [0.2, 0.25) is 0 Å². The zero-order valence-corrected chi connectivity index (χ0v) is 11.2. The molecule has 1 atom stereocenters. The Morgan fingerprint density at radius 3 is 2.55 bits per heavy atom. The molecule has 0 bridgehead atoms. The number of nitrogens with one attached hydrogen (secondary N) is 1. The van der Waals surface area contributed by atoms with Crippen molar-refractivity contribution in [2.24, 2.45) is 0 Å². The average Bonchev–Trinajstić information content (AvgIpc) is 3.19. The van der Waals surface area contributed by atoms with Gasteiger partial charge < -0.3 is 14.8 Å². The van der Waals surface area contributed by atoms with E-state index in [0.29, 0.717) is 12.5 Å². The zero-order valence-electron chi connectivity index (χ0n) is 11.2. The van der Waals surface area contributed by atoms with Gasteiger partial charge in [0.25, 0.3) is 0 Å². The first-order valence-electron chi connectivity index (χ1n) is 6.51. The van der Waals surface area contributed by atoms with Crippen LogP contribution in [0.3, 0.4) is 0 Å². The number of hydrogen-bond acceptors (Lipinski definition) is 4. The highest BCUT2D eigenvalue weighted by atomic mass is 19.1. The van der Waals surface area contributed by atoms with Gasteiger partial charge in [-0.2, -0.15) is 0 Å². The second-order valence-electron chi connectivity index (χ2n) is 4.76. The van der Waals surface area contributed by atoms with Crippen molar-refractivity contribution >= 4 is 5.97 Å². The van der Waals surface area contributed by atoms with Crippen LogP contribution in [0.1, 0.15) is 19.3 Å². The van der Waals surface area contributed by atoms with Crippen LogP contribution < -0.4 is 10.1 Å². The van der Waals surface area contributed by atoms with Crippen molar-refractivity contribution < 1.29 is 23.0 Å². The van der Waals surface area contributed by atoms with Crippen molar-refractivity contribution in [3.8, 4) is 5.75 Å². The summed E-state index contributed by atoms with van der Waals surface area (Å²) < 4.78 is 35.9. The third-order valence-corrected chi connectivity index (χ3v) is 3.01. The largest absolute Gasteiger partial charge is 0.493 e. The Bertz CT molecular complexity index is 457. The predicted octanol–water partition coefficient (Wildman–Crippen LogP) is 2.03. The number of carbonyl (C=O) groups excluding carboxylic acids is 1. The highest BCUT2D eigenvalue weighted by Gasteiger charge is 2.28. The molecule has 0 aliphatic heterocycles. The molecule has 4 nitrogen and oxygen atoms in total. The Kier molecular flexibility index (Phi) is 4.89. The highest BCUT2D eigenvalue weighted by molar-refractivity contribution is 5.75. The fraction of sp³-hybridized carbons (Fsp3) is 0.500. The second kappa shape index (κ2) is 6.65. The molecule has 110 valence electrons. The molecule has 1 fully saturated rings. The maximum atomic E-state index is 13.0. The molecule has 1 unspecified atom stereocenters. The molecule has 1 aliphatic carbocycles. The van der Waals surface area contributed by atoms with Crippen LogP contribution in [0.25, 0.3) is 0 Å². The van der Waals surface area contributed by atoms with Crippen LogP contribution >= 0.6 is 0 Å². The van der Waals surface area contributed by atoms with Gasteiger partial charge in [-0.3, -0.25) is 4.79 Å². The lowest BCUT2D eigenvalue weighted by Gasteiger charge is -2.16. The van der Waals surface area contributed by atoms with Gasteiger partial charge in [-0.05, 0) is 12.8 Å². The van der Waals surface area contributed by atoms with E-state index in [1.54, 1.807) is 0 Å². The molecule has 1 saturated carbocycles. The number of rotatable bonds is 7. The molecule has 2 rings (SSSR count). The van der Waals surface area contributed by atoms with Crippen LogP contribution in [0.15, 0.2) is 18.2 Å². The van der Waals surface area contributed by atoms with Crippen molar-refractivity contribution in [3.63, 3.8) is 0 Å². The lowest BCUT2D eigenvalue weighted by molar-refractivity contribution is -0.143. The lowest BCUT2D eigenvalue weighted by atomic mass is 10.2. The summed E-state index contributed by atoms with van der Waals surface area (Å²) in [5, 5.41) is 3.15. The summed E-state index contributed by atoms with van der Waals surface area (Å²) >= 11 is 0. The number of hydrogen-bond donors (Lipinski definition) is 1. The Balaban J connectivity index is 1.83. The second-order valence-corrected chi connectivity index (χ2v) is 4.76. The average molecular weight is 285 g/mol. The molecule has 1 N–H and O–H groups in total. The Labute approximate surface area is 116 Å². The number of carbonyl (C=O) groups is 1. The van der Waals surface area contributed by atoms with E-state index in [-0.39, 0.29) is 18.3 Å². The van der Waals surface area contributed by atoms with Crippen molar-refractivity contribution in [1.29, 1.82) is 0 Å². The molecule has 0 spiro atoms. The van der Waals surface area contributed by atoms with Crippen LogP contribution in [-0.2, 0) is 9.53 Å². The van der Waals surface area contributed by atoms with Gasteiger partial charge >= 0.3 is 5.97 Å². The van der Waals surface area contributed by atoms with E-state index in [1.807, 2.05) is 0 Å². The van der Waals surface area contributed by atoms with Crippen LogP contribution in [-0.4, -0.2) is 31.8 Å². The number of esters is 1. The summed E-state index contributed by atoms with van der Waals surface area (Å²) in [5.74, 6) is -1.63. The van der Waals surface area contributed by atoms with Gasteiger partial charge in [0.1, 0.15) is 23.4 Å². The Morgan fingerprint density at radius 2 is 2.00 bits per heavy atom. The summed E-state index contributed by atoms with van der Waals surface area (Å²) in [5.41, 5.74) is 0. The SMILES string of the molecule is COC(=O)C(CCOc1cc(F)cc(F)c1)NC1CC1. The van der Waals surface area contributed by atoms with Crippen molar-refractivity contribution in [2.45, 2.75) is 31.3 Å². The minimum absolute atomic E-state index is 0.109. The van der Waals surface area contributed by atoms with E-state index >= 15 is 0 Å². The number of benzene rings is 1. The fourth-order valence-corrected chi connectivity index (χ4v) is 1.85. The predicted molar refractivity (Wildman–Crippen MR) is 68.4 cm³/mol. The van der Waals surface area contributed by atoms with E-state index in [1.165, 1.54) is 7.11 Å². The third-order valence-electron chi connectivity index (χ3n) is 3.01. The first kappa shape index (κ1) is 14.7. The molecular formula is C14H17F2NO3. The third kappa shape index (κ3) is 4.45. The maximum Gasteiger partial charge on any atom is 0.322 e. The molecule has 0 amide bonds. The lowest BCUT2D eigenvalue weighted by Crippen LogP contribution is -2.40. The highest BCUT2D eigenvalue weighted by Crippen LogP contribution is 2.20. The van der Waals surface area contributed by atoms with E-state index in [9.17, 15) is 13.6 Å². The molecule has 1 aromatic carbocycles. The van der Waals surface area contributed by atoms with E-state index < -0.39 is 17.7 Å². The number of ether oxygens (including phenoxy) is 2. The number of halogens is 2. The van der Waals surface area contributed by atoms with Crippen LogP contribution in [0.4, 0.5) is 8.78 Å². The Hall–Kier alpha value is -1.69.